The van der Waals surface area contributed by atoms with Gasteiger partial charge in [-0.3, -0.25) is 14.7 Å². The van der Waals surface area contributed by atoms with Crippen molar-refractivity contribution < 1.29 is 13.2 Å². The highest BCUT2D eigenvalue weighted by molar-refractivity contribution is 7.88. The molecule has 4 rings (SSSR count). The standard InChI is InChI=1S/C17H26N4O3S/c1-25(23,24)19-9-7-17(22)21-11-14-5-6-16(21)13-20(10-14)12-15-4-2-3-8-18-15/h2-4,8,14,16,19H,5-7,9-13H2,1H3/t14-,16+/m0/s1. The van der Waals surface area contributed by atoms with E-state index in [1.54, 1.807) is 0 Å². The predicted molar refractivity (Wildman–Crippen MR) is 95.2 cm³/mol. The second kappa shape index (κ2) is 7.80. The first kappa shape index (κ1) is 18.3. The molecule has 0 radical (unpaired) electrons. The van der Waals surface area contributed by atoms with E-state index in [2.05, 4.69) is 14.6 Å². The minimum atomic E-state index is -3.25. The molecule has 4 heterocycles. The van der Waals surface area contributed by atoms with Crippen LogP contribution in [0.2, 0.25) is 0 Å². The van der Waals surface area contributed by atoms with Gasteiger partial charge in [-0.15, -0.1) is 0 Å². The zero-order chi connectivity index (χ0) is 17.9. The molecular formula is C17H26N4O3S. The summed E-state index contributed by atoms with van der Waals surface area (Å²) in [6.07, 6.45) is 5.31. The minimum absolute atomic E-state index is 0.0468. The molecule has 3 fully saturated rings. The SMILES string of the molecule is CS(=O)(=O)NCCC(=O)N1C[C@H]2CC[C@@H]1CN(Cc1ccccn1)C2. The van der Waals surface area contributed by atoms with E-state index in [4.69, 9.17) is 0 Å². The Morgan fingerprint density at radius 3 is 2.84 bits per heavy atom. The maximum Gasteiger partial charge on any atom is 0.224 e. The number of carbonyl (C=O) groups excluding carboxylic acids is 1. The van der Waals surface area contributed by atoms with Crippen molar-refractivity contribution >= 4 is 15.9 Å². The highest BCUT2D eigenvalue weighted by Gasteiger charge is 2.36. The minimum Gasteiger partial charge on any atom is -0.338 e. The van der Waals surface area contributed by atoms with Gasteiger partial charge in [-0.2, -0.15) is 0 Å². The van der Waals surface area contributed by atoms with E-state index in [1.807, 2.05) is 29.3 Å². The van der Waals surface area contributed by atoms with Crippen LogP contribution in [-0.4, -0.2) is 67.6 Å². The molecule has 1 aromatic heterocycles. The third kappa shape index (κ3) is 5.23. The van der Waals surface area contributed by atoms with E-state index in [9.17, 15) is 13.2 Å². The van der Waals surface area contributed by atoms with Crippen LogP contribution >= 0.6 is 0 Å². The number of nitrogens with one attached hydrogen (secondary N) is 1. The molecule has 0 aliphatic carbocycles. The number of fused-ring (bicyclic) bond motifs is 4. The fourth-order valence-corrected chi connectivity index (χ4v) is 4.29. The number of piperidine rings is 1. The van der Waals surface area contributed by atoms with E-state index >= 15 is 0 Å². The van der Waals surface area contributed by atoms with Crippen molar-refractivity contribution in [2.45, 2.75) is 31.8 Å². The molecule has 3 aliphatic heterocycles. The molecule has 2 bridgehead atoms. The number of hydrogen-bond acceptors (Lipinski definition) is 5. The molecular weight excluding hydrogens is 340 g/mol. The summed E-state index contributed by atoms with van der Waals surface area (Å²) in [7, 11) is -3.25. The molecule has 0 unspecified atom stereocenters. The fourth-order valence-electron chi connectivity index (χ4n) is 3.82. The zero-order valence-electron chi connectivity index (χ0n) is 14.6. The molecule has 1 N–H and O–H groups in total. The van der Waals surface area contributed by atoms with Crippen molar-refractivity contribution in [2.24, 2.45) is 5.92 Å². The Bertz CT molecular complexity index is 695. The molecule has 138 valence electrons. The molecule has 8 heteroatoms. The number of pyridine rings is 1. The molecule has 1 amide bonds. The highest BCUT2D eigenvalue weighted by Crippen LogP contribution is 2.29. The maximum absolute atomic E-state index is 12.6. The van der Waals surface area contributed by atoms with Crippen molar-refractivity contribution in [1.82, 2.24) is 19.5 Å². The van der Waals surface area contributed by atoms with Crippen molar-refractivity contribution in [2.75, 3.05) is 32.4 Å². The number of carbonyl (C=O) groups is 1. The average Bonchev–Trinajstić information content (AvgIpc) is 2.85. The Labute approximate surface area is 149 Å². The van der Waals surface area contributed by atoms with Crippen LogP contribution in [0.4, 0.5) is 0 Å². The van der Waals surface area contributed by atoms with Gasteiger partial charge in [0.1, 0.15) is 0 Å². The third-order valence-corrected chi connectivity index (χ3v) is 5.65. The third-order valence-electron chi connectivity index (χ3n) is 4.92. The summed E-state index contributed by atoms with van der Waals surface area (Å²) in [5.74, 6) is 0.528. The van der Waals surface area contributed by atoms with Crippen molar-refractivity contribution in [1.29, 1.82) is 0 Å². The van der Waals surface area contributed by atoms with Crippen LogP contribution < -0.4 is 4.72 Å². The average molecular weight is 366 g/mol. The van der Waals surface area contributed by atoms with Crippen LogP contribution in [-0.2, 0) is 21.4 Å². The summed E-state index contributed by atoms with van der Waals surface area (Å²) in [6, 6.07) is 6.17. The van der Waals surface area contributed by atoms with Crippen molar-refractivity contribution in [3.8, 4) is 0 Å². The number of hydrogen-bond donors (Lipinski definition) is 1. The van der Waals surface area contributed by atoms with Crippen LogP contribution in [0.3, 0.4) is 0 Å². The number of aromatic nitrogens is 1. The lowest BCUT2D eigenvalue weighted by Crippen LogP contribution is -2.48. The molecule has 0 spiro atoms. The number of nitrogens with zero attached hydrogens (tertiary/aromatic N) is 3. The number of amides is 1. The second-order valence-corrected chi connectivity index (χ2v) is 8.91. The summed E-state index contributed by atoms with van der Waals surface area (Å²) in [6.45, 7) is 3.60. The van der Waals surface area contributed by atoms with Crippen LogP contribution in [0.5, 0.6) is 0 Å². The van der Waals surface area contributed by atoms with E-state index < -0.39 is 10.0 Å². The Hall–Kier alpha value is -1.51. The lowest BCUT2D eigenvalue weighted by molar-refractivity contribution is -0.135. The lowest BCUT2D eigenvalue weighted by Gasteiger charge is -2.36. The van der Waals surface area contributed by atoms with Gasteiger partial charge in [0.25, 0.3) is 0 Å². The van der Waals surface area contributed by atoms with Gasteiger partial charge < -0.3 is 4.90 Å². The van der Waals surface area contributed by atoms with Gasteiger partial charge in [-0.25, -0.2) is 13.1 Å². The summed E-state index contributed by atoms with van der Waals surface area (Å²) in [5, 5.41) is 0. The zero-order valence-corrected chi connectivity index (χ0v) is 15.4. The fraction of sp³-hybridized carbons (Fsp3) is 0.647. The highest BCUT2D eigenvalue weighted by atomic mass is 32.2. The molecule has 3 saturated heterocycles. The van der Waals surface area contributed by atoms with Crippen LogP contribution in [0, 0.1) is 5.92 Å². The summed E-state index contributed by atoms with van der Waals surface area (Å²) >= 11 is 0. The topological polar surface area (TPSA) is 82.6 Å². The van der Waals surface area contributed by atoms with Crippen LogP contribution in [0.15, 0.2) is 24.4 Å². The predicted octanol–water partition coefficient (Wildman–Crippen LogP) is 0.444. The summed E-state index contributed by atoms with van der Waals surface area (Å²) in [5.41, 5.74) is 1.05. The smallest absolute Gasteiger partial charge is 0.224 e. The largest absolute Gasteiger partial charge is 0.338 e. The van der Waals surface area contributed by atoms with E-state index in [0.717, 1.165) is 51.0 Å². The van der Waals surface area contributed by atoms with Gasteiger partial charge >= 0.3 is 0 Å². The Kier molecular flexibility index (Phi) is 5.71. The summed E-state index contributed by atoms with van der Waals surface area (Å²) in [4.78, 5) is 21.3. The quantitative estimate of drug-likeness (QED) is 0.790. The first-order chi connectivity index (χ1) is 11.9. The monoisotopic (exact) mass is 366 g/mol. The first-order valence-corrected chi connectivity index (χ1v) is 10.7. The Balaban J connectivity index is 1.58. The molecule has 3 aliphatic rings. The van der Waals surface area contributed by atoms with Gasteiger partial charge in [0, 0.05) is 51.4 Å². The molecule has 0 aromatic carbocycles. The van der Waals surface area contributed by atoms with Gasteiger partial charge in [0.2, 0.25) is 15.9 Å². The Morgan fingerprint density at radius 2 is 2.12 bits per heavy atom. The Morgan fingerprint density at radius 1 is 1.28 bits per heavy atom. The lowest BCUT2D eigenvalue weighted by atomic mass is 9.95. The van der Waals surface area contributed by atoms with Gasteiger partial charge in [0.05, 0.1) is 11.9 Å². The van der Waals surface area contributed by atoms with Crippen molar-refractivity contribution in [3.05, 3.63) is 30.1 Å². The number of rotatable bonds is 6. The first-order valence-electron chi connectivity index (χ1n) is 8.77. The molecule has 0 saturated carbocycles. The van der Waals surface area contributed by atoms with Crippen LogP contribution in [0.1, 0.15) is 25.0 Å². The van der Waals surface area contributed by atoms with E-state index in [-0.39, 0.29) is 24.9 Å². The van der Waals surface area contributed by atoms with E-state index in [1.165, 1.54) is 0 Å². The molecule has 25 heavy (non-hydrogen) atoms. The molecule has 2 atom stereocenters. The van der Waals surface area contributed by atoms with Crippen LogP contribution in [0.25, 0.3) is 0 Å². The van der Waals surface area contributed by atoms with Gasteiger partial charge in [-0.05, 0) is 30.9 Å². The van der Waals surface area contributed by atoms with Gasteiger partial charge in [0.15, 0.2) is 0 Å². The van der Waals surface area contributed by atoms with E-state index in [0.29, 0.717) is 5.92 Å². The van der Waals surface area contributed by atoms with Crippen molar-refractivity contribution in [3.63, 3.8) is 0 Å². The summed E-state index contributed by atoms with van der Waals surface area (Å²) < 4.78 is 24.7. The normalized spacial score (nSPS) is 24.3. The maximum atomic E-state index is 12.6. The second-order valence-electron chi connectivity index (χ2n) is 7.07. The number of sulfonamides is 1. The molecule has 7 nitrogen and oxygen atoms in total. The van der Waals surface area contributed by atoms with Gasteiger partial charge in [-0.1, -0.05) is 6.07 Å². The molecule has 1 aromatic rings.